The number of hydrogen-bond acceptors (Lipinski definition) is 4. The molecule has 0 bridgehead atoms. The molecule has 0 aliphatic carbocycles. The molecular weight excluding hydrogens is 330 g/mol. The fraction of sp³-hybridized carbons (Fsp3) is 0.300. The lowest BCUT2D eigenvalue weighted by molar-refractivity contribution is 0.415. The fourth-order valence-corrected chi connectivity index (χ4v) is 3.52. The van der Waals surface area contributed by atoms with Crippen LogP contribution < -0.4 is 4.74 Å². The van der Waals surface area contributed by atoms with Gasteiger partial charge in [-0.2, -0.15) is 0 Å². The molecule has 2 aromatic carbocycles. The maximum atomic E-state index is 5.52. The van der Waals surface area contributed by atoms with E-state index in [0.717, 1.165) is 47.4 Å². The quantitative estimate of drug-likeness (QED) is 0.550. The van der Waals surface area contributed by atoms with Gasteiger partial charge in [0.25, 0.3) is 0 Å². The average Bonchev–Trinajstić information content (AvgIpc) is 3.08. The SMILES string of the molecule is CCCSc1nnc(-c2ccccc2OC)n1CCc1ccccc1. The van der Waals surface area contributed by atoms with Crippen LogP contribution in [0.1, 0.15) is 18.9 Å². The summed E-state index contributed by atoms with van der Waals surface area (Å²) in [6.07, 6.45) is 2.06. The first-order valence-corrected chi connectivity index (χ1v) is 9.55. The van der Waals surface area contributed by atoms with Crippen LogP contribution >= 0.6 is 11.8 Å². The number of para-hydroxylation sites is 1. The lowest BCUT2D eigenvalue weighted by Crippen LogP contribution is -2.06. The molecule has 0 amide bonds. The first-order chi connectivity index (χ1) is 12.3. The minimum absolute atomic E-state index is 0.822. The molecule has 0 spiro atoms. The topological polar surface area (TPSA) is 39.9 Å². The molecule has 0 saturated heterocycles. The van der Waals surface area contributed by atoms with Gasteiger partial charge in [0.15, 0.2) is 11.0 Å². The number of nitrogens with zero attached hydrogens (tertiary/aromatic N) is 3. The summed E-state index contributed by atoms with van der Waals surface area (Å²) in [5.74, 6) is 2.73. The summed E-state index contributed by atoms with van der Waals surface area (Å²) in [6.45, 7) is 3.02. The summed E-state index contributed by atoms with van der Waals surface area (Å²) in [6, 6.07) is 18.5. The van der Waals surface area contributed by atoms with E-state index < -0.39 is 0 Å². The summed E-state index contributed by atoms with van der Waals surface area (Å²) >= 11 is 1.76. The van der Waals surface area contributed by atoms with Crippen molar-refractivity contribution in [3.8, 4) is 17.1 Å². The molecule has 0 aliphatic rings. The number of ether oxygens (including phenoxy) is 1. The Bertz CT molecular complexity index is 802. The maximum absolute atomic E-state index is 5.52. The van der Waals surface area contributed by atoms with E-state index in [1.54, 1.807) is 18.9 Å². The van der Waals surface area contributed by atoms with Gasteiger partial charge >= 0.3 is 0 Å². The Balaban J connectivity index is 1.93. The van der Waals surface area contributed by atoms with Crippen LogP contribution in [0.5, 0.6) is 5.75 Å². The first kappa shape index (κ1) is 17.5. The molecule has 0 unspecified atom stereocenters. The first-order valence-electron chi connectivity index (χ1n) is 8.56. The van der Waals surface area contributed by atoms with Crippen molar-refractivity contribution in [3.63, 3.8) is 0 Å². The number of benzene rings is 2. The number of aryl methyl sites for hydroxylation is 1. The van der Waals surface area contributed by atoms with Gasteiger partial charge in [0.05, 0.1) is 12.7 Å². The van der Waals surface area contributed by atoms with Crippen molar-refractivity contribution in [2.24, 2.45) is 0 Å². The molecule has 0 N–H and O–H groups in total. The van der Waals surface area contributed by atoms with Crippen molar-refractivity contribution in [1.82, 2.24) is 14.8 Å². The van der Waals surface area contributed by atoms with Crippen molar-refractivity contribution < 1.29 is 4.74 Å². The van der Waals surface area contributed by atoms with Gasteiger partial charge in [0.1, 0.15) is 5.75 Å². The lowest BCUT2D eigenvalue weighted by atomic mass is 10.1. The summed E-state index contributed by atoms with van der Waals surface area (Å²) in [5, 5.41) is 9.88. The summed E-state index contributed by atoms with van der Waals surface area (Å²) in [4.78, 5) is 0. The fourth-order valence-electron chi connectivity index (χ4n) is 2.70. The largest absolute Gasteiger partial charge is 0.496 e. The highest BCUT2D eigenvalue weighted by atomic mass is 32.2. The van der Waals surface area contributed by atoms with E-state index in [4.69, 9.17) is 4.74 Å². The highest BCUT2D eigenvalue weighted by Gasteiger charge is 2.17. The van der Waals surface area contributed by atoms with Gasteiger partial charge in [-0.05, 0) is 30.5 Å². The van der Waals surface area contributed by atoms with Crippen LogP contribution in [0.2, 0.25) is 0 Å². The van der Waals surface area contributed by atoms with E-state index in [0.29, 0.717) is 0 Å². The Morgan fingerprint density at radius 2 is 1.76 bits per heavy atom. The normalized spacial score (nSPS) is 10.8. The van der Waals surface area contributed by atoms with Crippen LogP contribution in [0.15, 0.2) is 59.8 Å². The number of methoxy groups -OCH3 is 1. The van der Waals surface area contributed by atoms with Crippen LogP contribution in [0, 0.1) is 0 Å². The number of aromatic nitrogens is 3. The second-order valence-electron chi connectivity index (χ2n) is 5.74. The van der Waals surface area contributed by atoms with E-state index in [1.165, 1.54) is 5.56 Å². The molecule has 0 atom stereocenters. The Hall–Kier alpha value is -2.27. The summed E-state index contributed by atoms with van der Waals surface area (Å²) < 4.78 is 7.73. The van der Waals surface area contributed by atoms with Crippen molar-refractivity contribution in [2.45, 2.75) is 31.5 Å². The third kappa shape index (κ3) is 4.23. The summed E-state index contributed by atoms with van der Waals surface area (Å²) in [7, 11) is 1.69. The minimum atomic E-state index is 0.822. The van der Waals surface area contributed by atoms with Crippen molar-refractivity contribution in [1.29, 1.82) is 0 Å². The molecule has 25 heavy (non-hydrogen) atoms. The standard InChI is InChI=1S/C20H23N3OS/c1-3-15-25-20-22-21-19(17-11-7-8-12-18(17)24-2)23(20)14-13-16-9-5-4-6-10-16/h4-12H,3,13-15H2,1-2H3. The van der Waals surface area contributed by atoms with Crippen LogP contribution in [0.25, 0.3) is 11.4 Å². The highest BCUT2D eigenvalue weighted by molar-refractivity contribution is 7.99. The highest BCUT2D eigenvalue weighted by Crippen LogP contribution is 2.31. The van der Waals surface area contributed by atoms with Crippen molar-refractivity contribution in [3.05, 3.63) is 60.2 Å². The molecule has 0 saturated carbocycles. The molecule has 0 aliphatic heterocycles. The Morgan fingerprint density at radius 1 is 1.00 bits per heavy atom. The van der Waals surface area contributed by atoms with Crippen LogP contribution in [0.4, 0.5) is 0 Å². The van der Waals surface area contributed by atoms with E-state index in [2.05, 4.69) is 46.0 Å². The second-order valence-corrected chi connectivity index (χ2v) is 6.80. The Labute approximate surface area is 153 Å². The van der Waals surface area contributed by atoms with Gasteiger partial charge in [-0.25, -0.2) is 0 Å². The van der Waals surface area contributed by atoms with E-state index in [9.17, 15) is 0 Å². The average molecular weight is 353 g/mol. The lowest BCUT2D eigenvalue weighted by Gasteiger charge is -2.12. The molecule has 0 radical (unpaired) electrons. The van der Waals surface area contributed by atoms with Gasteiger partial charge in [0.2, 0.25) is 0 Å². The monoisotopic (exact) mass is 353 g/mol. The number of rotatable bonds is 8. The molecule has 3 rings (SSSR count). The van der Waals surface area contributed by atoms with E-state index in [-0.39, 0.29) is 0 Å². The zero-order valence-corrected chi connectivity index (χ0v) is 15.5. The molecule has 3 aromatic rings. The minimum Gasteiger partial charge on any atom is -0.496 e. The van der Waals surface area contributed by atoms with E-state index in [1.807, 2.05) is 30.3 Å². The van der Waals surface area contributed by atoms with Crippen LogP contribution in [-0.4, -0.2) is 27.6 Å². The van der Waals surface area contributed by atoms with Crippen LogP contribution in [-0.2, 0) is 13.0 Å². The molecule has 5 heteroatoms. The number of hydrogen-bond donors (Lipinski definition) is 0. The number of thioether (sulfide) groups is 1. The van der Waals surface area contributed by atoms with Crippen molar-refractivity contribution in [2.75, 3.05) is 12.9 Å². The molecule has 1 aromatic heterocycles. The Kier molecular flexibility index (Phi) is 6.12. The smallest absolute Gasteiger partial charge is 0.191 e. The van der Waals surface area contributed by atoms with Gasteiger partial charge in [-0.1, -0.05) is 61.2 Å². The molecule has 1 heterocycles. The van der Waals surface area contributed by atoms with E-state index >= 15 is 0 Å². The van der Waals surface area contributed by atoms with Crippen molar-refractivity contribution >= 4 is 11.8 Å². The molecular formula is C20H23N3OS. The van der Waals surface area contributed by atoms with Gasteiger partial charge in [-0.15, -0.1) is 10.2 Å². The third-order valence-electron chi connectivity index (χ3n) is 3.97. The van der Waals surface area contributed by atoms with Gasteiger partial charge in [-0.3, -0.25) is 0 Å². The summed E-state index contributed by atoms with van der Waals surface area (Å²) in [5.41, 5.74) is 2.29. The second kappa shape index (κ2) is 8.72. The zero-order chi connectivity index (χ0) is 17.5. The van der Waals surface area contributed by atoms with Gasteiger partial charge in [0, 0.05) is 12.3 Å². The van der Waals surface area contributed by atoms with Crippen LogP contribution in [0.3, 0.4) is 0 Å². The Morgan fingerprint density at radius 3 is 2.52 bits per heavy atom. The molecule has 4 nitrogen and oxygen atoms in total. The zero-order valence-electron chi connectivity index (χ0n) is 14.7. The molecule has 0 fully saturated rings. The molecule has 130 valence electrons. The maximum Gasteiger partial charge on any atom is 0.191 e. The predicted molar refractivity (Wildman–Crippen MR) is 103 cm³/mol. The third-order valence-corrected chi connectivity index (χ3v) is 5.14. The van der Waals surface area contributed by atoms with Gasteiger partial charge < -0.3 is 9.30 Å². The predicted octanol–water partition coefficient (Wildman–Crippen LogP) is 4.70.